The number of pyridine rings is 1. The van der Waals surface area contributed by atoms with Gasteiger partial charge in [0, 0.05) is 16.3 Å². The lowest BCUT2D eigenvalue weighted by Gasteiger charge is -2.09. The molecule has 3 heterocycles. The highest BCUT2D eigenvalue weighted by Gasteiger charge is 2.17. The van der Waals surface area contributed by atoms with Crippen LogP contribution in [0.1, 0.15) is 23.1 Å². The average Bonchev–Trinajstić information content (AvgIpc) is 3.22. The van der Waals surface area contributed by atoms with E-state index < -0.39 is 0 Å². The van der Waals surface area contributed by atoms with Crippen molar-refractivity contribution in [3.05, 3.63) is 34.3 Å². The number of fused-ring (bicyclic) bond motifs is 2. The Balaban J connectivity index is 1.52. The van der Waals surface area contributed by atoms with Gasteiger partial charge in [-0.05, 0) is 38.0 Å². The second-order valence-corrected chi connectivity index (χ2v) is 8.37. The van der Waals surface area contributed by atoms with Gasteiger partial charge in [-0.3, -0.25) is 4.79 Å². The minimum absolute atomic E-state index is 0.0802. The number of ether oxygens (including phenoxy) is 2. The third-order valence-electron chi connectivity index (χ3n) is 4.34. The molecule has 0 saturated carbocycles. The summed E-state index contributed by atoms with van der Waals surface area (Å²) >= 11 is 2.93. The molecule has 1 aromatic carbocycles. The molecule has 0 bridgehead atoms. The lowest BCUT2D eigenvalue weighted by Crippen LogP contribution is -2.14. The van der Waals surface area contributed by atoms with E-state index in [1.165, 1.54) is 23.1 Å². The second-order valence-electron chi connectivity index (χ2n) is 6.20. The Labute approximate surface area is 165 Å². The van der Waals surface area contributed by atoms with E-state index in [9.17, 15) is 4.79 Å². The SMILES string of the molecule is CCc1cc2cc3c(cc2nc1SCC(=O)Nc1nc(C)c(C)s1)OCO3. The molecule has 0 aliphatic carbocycles. The number of aromatic nitrogens is 2. The molecule has 0 saturated heterocycles. The number of carbonyl (C=O) groups excluding carboxylic acids is 1. The van der Waals surface area contributed by atoms with Gasteiger partial charge in [0.1, 0.15) is 5.03 Å². The Hall–Kier alpha value is -2.32. The zero-order chi connectivity index (χ0) is 19.0. The van der Waals surface area contributed by atoms with Crippen molar-refractivity contribution in [2.45, 2.75) is 32.2 Å². The van der Waals surface area contributed by atoms with Crippen molar-refractivity contribution in [2.75, 3.05) is 17.9 Å². The fraction of sp³-hybridized carbons (Fsp3) is 0.316. The van der Waals surface area contributed by atoms with Crippen LogP contribution in [0.5, 0.6) is 11.5 Å². The molecule has 2 aromatic heterocycles. The molecule has 0 fully saturated rings. The maximum atomic E-state index is 12.3. The summed E-state index contributed by atoms with van der Waals surface area (Å²) in [4.78, 5) is 22.5. The van der Waals surface area contributed by atoms with E-state index in [2.05, 4.69) is 23.3 Å². The highest BCUT2D eigenvalue weighted by molar-refractivity contribution is 8.00. The molecule has 1 N–H and O–H groups in total. The molecule has 1 aliphatic heterocycles. The highest BCUT2D eigenvalue weighted by atomic mass is 32.2. The fourth-order valence-corrected chi connectivity index (χ4v) is 4.51. The minimum Gasteiger partial charge on any atom is -0.454 e. The van der Waals surface area contributed by atoms with Crippen LogP contribution in [-0.4, -0.2) is 28.4 Å². The molecule has 0 atom stereocenters. The molecule has 1 amide bonds. The van der Waals surface area contributed by atoms with Crippen LogP contribution in [-0.2, 0) is 11.2 Å². The molecule has 3 aromatic rings. The minimum atomic E-state index is -0.0802. The van der Waals surface area contributed by atoms with Crippen LogP contribution in [0, 0.1) is 13.8 Å². The first-order valence-electron chi connectivity index (χ1n) is 8.63. The summed E-state index contributed by atoms with van der Waals surface area (Å²) in [6, 6.07) is 5.96. The van der Waals surface area contributed by atoms with E-state index in [-0.39, 0.29) is 18.5 Å². The standard InChI is InChI=1S/C19H19N3O3S2/c1-4-12-5-13-6-15-16(25-9-24-15)7-14(13)21-18(12)26-8-17(23)22-19-20-10(2)11(3)27-19/h5-7H,4,8-9H2,1-3H3,(H,20,22,23). The van der Waals surface area contributed by atoms with Crippen LogP contribution in [0.2, 0.25) is 0 Å². The lowest BCUT2D eigenvalue weighted by molar-refractivity contribution is -0.113. The second kappa shape index (κ2) is 7.36. The summed E-state index contributed by atoms with van der Waals surface area (Å²) in [5, 5.41) is 5.39. The van der Waals surface area contributed by atoms with Crippen molar-refractivity contribution < 1.29 is 14.3 Å². The summed E-state index contributed by atoms with van der Waals surface area (Å²) in [5.41, 5.74) is 2.90. The number of thioether (sulfide) groups is 1. The number of anilines is 1. The average molecular weight is 402 g/mol. The first-order chi connectivity index (χ1) is 13.0. The summed E-state index contributed by atoms with van der Waals surface area (Å²) in [6.07, 6.45) is 0.839. The topological polar surface area (TPSA) is 73.3 Å². The maximum absolute atomic E-state index is 12.3. The van der Waals surface area contributed by atoms with Gasteiger partial charge in [0.05, 0.1) is 17.0 Å². The van der Waals surface area contributed by atoms with Crippen molar-refractivity contribution in [1.29, 1.82) is 0 Å². The van der Waals surface area contributed by atoms with E-state index >= 15 is 0 Å². The number of rotatable bonds is 5. The van der Waals surface area contributed by atoms with Gasteiger partial charge in [-0.2, -0.15) is 0 Å². The smallest absolute Gasteiger partial charge is 0.236 e. The molecule has 0 unspecified atom stereocenters. The van der Waals surface area contributed by atoms with Crippen molar-refractivity contribution >= 4 is 45.0 Å². The number of aryl methyl sites for hydroxylation is 3. The predicted molar refractivity (Wildman–Crippen MR) is 108 cm³/mol. The number of nitrogens with zero attached hydrogens (tertiary/aromatic N) is 2. The third-order valence-corrected chi connectivity index (χ3v) is 6.37. The Bertz CT molecular complexity index is 1010. The maximum Gasteiger partial charge on any atom is 0.236 e. The van der Waals surface area contributed by atoms with Gasteiger partial charge < -0.3 is 14.8 Å². The number of carbonyl (C=O) groups is 1. The molecule has 27 heavy (non-hydrogen) atoms. The Morgan fingerprint density at radius 1 is 1.22 bits per heavy atom. The lowest BCUT2D eigenvalue weighted by atomic mass is 10.1. The first-order valence-corrected chi connectivity index (χ1v) is 10.4. The first kappa shape index (κ1) is 18.1. The number of benzene rings is 1. The largest absolute Gasteiger partial charge is 0.454 e. The van der Waals surface area contributed by atoms with Crippen molar-refractivity contribution in [2.24, 2.45) is 0 Å². The number of hydrogen-bond donors (Lipinski definition) is 1. The molecule has 6 nitrogen and oxygen atoms in total. The van der Waals surface area contributed by atoms with E-state index in [1.54, 1.807) is 0 Å². The molecule has 0 radical (unpaired) electrons. The van der Waals surface area contributed by atoms with Gasteiger partial charge in [0.25, 0.3) is 0 Å². The summed E-state index contributed by atoms with van der Waals surface area (Å²) < 4.78 is 10.9. The number of nitrogens with one attached hydrogen (secondary N) is 1. The third kappa shape index (κ3) is 3.72. The summed E-state index contributed by atoms with van der Waals surface area (Å²) in [6.45, 7) is 6.26. The van der Waals surface area contributed by atoms with Crippen LogP contribution in [0.3, 0.4) is 0 Å². The molecular weight excluding hydrogens is 382 g/mol. The molecule has 4 rings (SSSR count). The van der Waals surface area contributed by atoms with Crippen molar-refractivity contribution in [1.82, 2.24) is 9.97 Å². The Morgan fingerprint density at radius 3 is 2.70 bits per heavy atom. The van der Waals surface area contributed by atoms with Crippen LogP contribution >= 0.6 is 23.1 Å². The van der Waals surface area contributed by atoms with Gasteiger partial charge in [-0.15, -0.1) is 11.3 Å². The monoisotopic (exact) mass is 401 g/mol. The zero-order valence-electron chi connectivity index (χ0n) is 15.3. The van der Waals surface area contributed by atoms with Gasteiger partial charge in [0.2, 0.25) is 12.7 Å². The van der Waals surface area contributed by atoms with E-state index in [0.717, 1.165) is 44.2 Å². The van der Waals surface area contributed by atoms with Crippen molar-refractivity contribution in [3.63, 3.8) is 0 Å². The van der Waals surface area contributed by atoms with Crippen LogP contribution < -0.4 is 14.8 Å². The van der Waals surface area contributed by atoms with Gasteiger partial charge in [-0.25, -0.2) is 9.97 Å². The summed E-state index contributed by atoms with van der Waals surface area (Å²) in [5.74, 6) is 1.67. The fourth-order valence-electron chi connectivity index (χ4n) is 2.78. The molecular formula is C19H19N3O3S2. The normalized spacial score (nSPS) is 12.6. The van der Waals surface area contributed by atoms with Gasteiger partial charge in [0.15, 0.2) is 16.6 Å². The van der Waals surface area contributed by atoms with Crippen LogP contribution in [0.15, 0.2) is 23.2 Å². The predicted octanol–water partition coefficient (Wildman–Crippen LogP) is 4.33. The summed E-state index contributed by atoms with van der Waals surface area (Å²) in [7, 11) is 0. The Kier molecular flexibility index (Phi) is 4.92. The Morgan fingerprint density at radius 2 is 2.00 bits per heavy atom. The quantitative estimate of drug-likeness (QED) is 0.642. The number of thiazole rings is 1. The molecule has 140 valence electrons. The molecule has 1 aliphatic rings. The van der Waals surface area contributed by atoms with Crippen LogP contribution in [0.25, 0.3) is 10.9 Å². The molecule has 0 spiro atoms. The molecule has 8 heteroatoms. The highest BCUT2D eigenvalue weighted by Crippen LogP contribution is 2.37. The van der Waals surface area contributed by atoms with Gasteiger partial charge >= 0.3 is 0 Å². The van der Waals surface area contributed by atoms with Gasteiger partial charge in [-0.1, -0.05) is 18.7 Å². The van der Waals surface area contributed by atoms with Crippen molar-refractivity contribution in [3.8, 4) is 11.5 Å². The van der Waals surface area contributed by atoms with E-state index in [0.29, 0.717) is 10.9 Å². The zero-order valence-corrected chi connectivity index (χ0v) is 16.9. The van der Waals surface area contributed by atoms with E-state index in [1.807, 2.05) is 26.0 Å². The number of amides is 1. The van der Waals surface area contributed by atoms with E-state index in [4.69, 9.17) is 14.5 Å². The van der Waals surface area contributed by atoms with Crippen LogP contribution in [0.4, 0.5) is 5.13 Å². The number of hydrogen-bond acceptors (Lipinski definition) is 7.